The maximum atomic E-state index is 11.4. The van der Waals surface area contributed by atoms with Crippen molar-refractivity contribution in [2.45, 2.75) is 39.3 Å². The number of aryl methyl sites for hydroxylation is 1. The van der Waals surface area contributed by atoms with E-state index in [1.807, 2.05) is 31.2 Å². The van der Waals surface area contributed by atoms with Gasteiger partial charge in [-0.05, 0) is 73.5 Å². The zero-order valence-corrected chi connectivity index (χ0v) is 17.5. The van der Waals surface area contributed by atoms with Crippen LogP contribution in [0.15, 0.2) is 30.3 Å². The van der Waals surface area contributed by atoms with Crippen LogP contribution in [-0.2, 0) is 6.42 Å². The van der Waals surface area contributed by atoms with Gasteiger partial charge in [-0.15, -0.1) is 0 Å². The Morgan fingerprint density at radius 1 is 1.00 bits per heavy atom. The number of ether oxygens (including phenoxy) is 2. The fourth-order valence-electron chi connectivity index (χ4n) is 4.63. The van der Waals surface area contributed by atoms with Crippen molar-refractivity contribution in [2.75, 3.05) is 14.2 Å². The molecule has 0 bridgehead atoms. The van der Waals surface area contributed by atoms with Gasteiger partial charge in [0.25, 0.3) is 0 Å². The number of hydrogen-bond acceptors (Lipinski definition) is 5. The van der Waals surface area contributed by atoms with Gasteiger partial charge in [-0.25, -0.2) is 0 Å². The largest absolute Gasteiger partial charge is 0.507 e. The third kappa shape index (κ3) is 3.06. The van der Waals surface area contributed by atoms with E-state index in [4.69, 9.17) is 9.47 Å². The van der Waals surface area contributed by atoms with E-state index in [-0.39, 0.29) is 17.5 Å². The summed E-state index contributed by atoms with van der Waals surface area (Å²) in [5.74, 6) is 1.58. The second-order valence-corrected chi connectivity index (χ2v) is 7.89. The van der Waals surface area contributed by atoms with Gasteiger partial charge in [0.15, 0.2) is 0 Å². The fraction of sp³-hybridized carbons (Fsp3) is 0.333. The molecular weight excluding hydrogens is 366 g/mol. The van der Waals surface area contributed by atoms with Crippen LogP contribution >= 0.6 is 0 Å². The van der Waals surface area contributed by atoms with E-state index in [1.165, 1.54) is 0 Å². The van der Waals surface area contributed by atoms with Gasteiger partial charge in [0.05, 0.1) is 25.2 Å². The first-order chi connectivity index (χ1) is 13.8. The molecule has 1 heterocycles. The Bertz CT molecular complexity index is 1110. The van der Waals surface area contributed by atoms with Gasteiger partial charge in [-0.2, -0.15) is 0 Å². The molecule has 0 aromatic heterocycles. The maximum Gasteiger partial charge on any atom is 0.132 e. The van der Waals surface area contributed by atoms with Crippen LogP contribution in [0.5, 0.6) is 23.0 Å². The third-order valence-electron chi connectivity index (χ3n) is 5.79. The number of hydrogen-bond donors (Lipinski definition) is 3. The summed E-state index contributed by atoms with van der Waals surface area (Å²) in [7, 11) is 3.21. The molecule has 0 fully saturated rings. The summed E-state index contributed by atoms with van der Waals surface area (Å²) in [5, 5.41) is 26.8. The molecule has 0 unspecified atom stereocenters. The van der Waals surface area contributed by atoms with Crippen molar-refractivity contribution in [3.63, 3.8) is 0 Å². The number of methoxy groups -OCH3 is 2. The number of aromatic hydroxyl groups is 2. The normalized spacial score (nSPS) is 18.5. The van der Waals surface area contributed by atoms with Crippen LogP contribution in [0.3, 0.4) is 0 Å². The van der Waals surface area contributed by atoms with Crippen molar-refractivity contribution in [1.29, 1.82) is 0 Å². The minimum absolute atomic E-state index is 0.0260. The van der Waals surface area contributed by atoms with Gasteiger partial charge in [-0.3, -0.25) is 0 Å². The summed E-state index contributed by atoms with van der Waals surface area (Å²) >= 11 is 0. The standard InChI is InChI=1S/C24H27NO4/c1-12-8-17-16(6-7-18(26)22(17)19(9-12)28-4)23-20(29-5)11-15-10-13(2)25-14(3)21(15)24(23)27/h6-9,11,13-14,25-27H,10H2,1-5H3/t13-,14-/m0/s1. The molecule has 3 N–H and O–H groups in total. The monoisotopic (exact) mass is 393 g/mol. The van der Waals surface area contributed by atoms with Crippen LogP contribution in [0.4, 0.5) is 0 Å². The lowest BCUT2D eigenvalue weighted by Crippen LogP contribution is -2.36. The SMILES string of the molecule is COc1cc2c(c(O)c1-c1ccc(O)c3c(OC)cc(C)cc13)[C@H](C)N[C@@H](C)C2. The molecule has 4 rings (SSSR count). The quantitative estimate of drug-likeness (QED) is 0.594. The molecular formula is C24H27NO4. The highest BCUT2D eigenvalue weighted by Crippen LogP contribution is 2.49. The van der Waals surface area contributed by atoms with E-state index in [0.29, 0.717) is 28.5 Å². The highest BCUT2D eigenvalue weighted by atomic mass is 16.5. The average molecular weight is 393 g/mol. The first kappa shape index (κ1) is 19.4. The Labute approximate surface area is 170 Å². The van der Waals surface area contributed by atoms with E-state index in [1.54, 1.807) is 20.3 Å². The van der Waals surface area contributed by atoms with Crippen LogP contribution in [0.25, 0.3) is 21.9 Å². The van der Waals surface area contributed by atoms with E-state index < -0.39 is 0 Å². The Morgan fingerprint density at radius 3 is 2.41 bits per heavy atom. The average Bonchev–Trinajstić information content (AvgIpc) is 2.67. The zero-order valence-electron chi connectivity index (χ0n) is 17.5. The molecule has 2 atom stereocenters. The number of rotatable bonds is 3. The number of phenols is 2. The molecule has 0 aliphatic carbocycles. The van der Waals surface area contributed by atoms with E-state index in [0.717, 1.165) is 34.1 Å². The topological polar surface area (TPSA) is 71.0 Å². The molecule has 5 heteroatoms. The number of phenolic OH excluding ortho intramolecular Hbond substituents is 2. The molecule has 29 heavy (non-hydrogen) atoms. The highest BCUT2D eigenvalue weighted by molar-refractivity contribution is 6.05. The molecule has 0 radical (unpaired) electrons. The molecule has 1 aliphatic rings. The number of benzene rings is 3. The maximum absolute atomic E-state index is 11.4. The third-order valence-corrected chi connectivity index (χ3v) is 5.79. The Hall–Kier alpha value is -2.92. The molecule has 5 nitrogen and oxygen atoms in total. The highest BCUT2D eigenvalue weighted by Gasteiger charge is 2.29. The second kappa shape index (κ2) is 7.16. The van der Waals surface area contributed by atoms with Crippen molar-refractivity contribution in [3.05, 3.63) is 47.0 Å². The van der Waals surface area contributed by atoms with Gasteiger partial charge < -0.3 is 25.0 Å². The number of nitrogens with one attached hydrogen (secondary N) is 1. The summed E-state index contributed by atoms with van der Waals surface area (Å²) in [6.45, 7) is 6.18. The van der Waals surface area contributed by atoms with Gasteiger partial charge in [0, 0.05) is 17.6 Å². The Morgan fingerprint density at radius 2 is 1.72 bits per heavy atom. The molecule has 1 aliphatic heterocycles. The number of fused-ring (bicyclic) bond motifs is 2. The second-order valence-electron chi connectivity index (χ2n) is 7.89. The first-order valence-corrected chi connectivity index (χ1v) is 9.85. The van der Waals surface area contributed by atoms with Crippen molar-refractivity contribution in [3.8, 4) is 34.1 Å². The molecule has 0 amide bonds. The van der Waals surface area contributed by atoms with E-state index in [9.17, 15) is 10.2 Å². The van der Waals surface area contributed by atoms with Gasteiger partial charge in [0.1, 0.15) is 23.0 Å². The predicted molar refractivity (Wildman–Crippen MR) is 115 cm³/mol. The Kier molecular flexibility index (Phi) is 4.79. The lowest BCUT2D eigenvalue weighted by Gasteiger charge is -2.31. The molecule has 3 aromatic carbocycles. The van der Waals surface area contributed by atoms with Crippen LogP contribution in [0.2, 0.25) is 0 Å². The summed E-state index contributed by atoms with van der Waals surface area (Å²) in [5.41, 5.74) is 4.43. The predicted octanol–water partition coefficient (Wildman–Crippen LogP) is 4.84. The van der Waals surface area contributed by atoms with E-state index in [2.05, 4.69) is 19.2 Å². The molecule has 3 aromatic rings. The lowest BCUT2D eigenvalue weighted by molar-refractivity contribution is 0.390. The van der Waals surface area contributed by atoms with Crippen molar-refractivity contribution < 1.29 is 19.7 Å². The fourth-order valence-corrected chi connectivity index (χ4v) is 4.63. The minimum atomic E-state index is 0.0260. The van der Waals surface area contributed by atoms with Crippen molar-refractivity contribution >= 4 is 10.8 Å². The van der Waals surface area contributed by atoms with Gasteiger partial charge in [0.2, 0.25) is 0 Å². The summed E-state index contributed by atoms with van der Waals surface area (Å²) in [6, 6.07) is 9.73. The van der Waals surface area contributed by atoms with Crippen LogP contribution in [0, 0.1) is 6.92 Å². The zero-order chi connectivity index (χ0) is 20.9. The van der Waals surface area contributed by atoms with Crippen molar-refractivity contribution in [1.82, 2.24) is 5.32 Å². The van der Waals surface area contributed by atoms with E-state index >= 15 is 0 Å². The van der Waals surface area contributed by atoms with Crippen LogP contribution < -0.4 is 14.8 Å². The lowest BCUT2D eigenvalue weighted by atomic mass is 9.85. The van der Waals surface area contributed by atoms with Gasteiger partial charge >= 0.3 is 0 Å². The smallest absolute Gasteiger partial charge is 0.132 e. The summed E-state index contributed by atoms with van der Waals surface area (Å²) in [6.07, 6.45) is 0.827. The molecule has 0 saturated carbocycles. The van der Waals surface area contributed by atoms with Crippen LogP contribution in [-0.4, -0.2) is 30.5 Å². The van der Waals surface area contributed by atoms with Crippen LogP contribution in [0.1, 0.15) is 36.6 Å². The first-order valence-electron chi connectivity index (χ1n) is 9.85. The van der Waals surface area contributed by atoms with Gasteiger partial charge in [-0.1, -0.05) is 6.07 Å². The Balaban J connectivity index is 2.08. The summed E-state index contributed by atoms with van der Waals surface area (Å²) < 4.78 is 11.2. The molecule has 0 spiro atoms. The minimum Gasteiger partial charge on any atom is -0.507 e. The molecule has 0 saturated heterocycles. The molecule has 152 valence electrons. The van der Waals surface area contributed by atoms with Crippen molar-refractivity contribution in [2.24, 2.45) is 0 Å². The summed E-state index contributed by atoms with van der Waals surface area (Å²) in [4.78, 5) is 0.